The zero-order valence-electron chi connectivity index (χ0n) is 26.8. The Labute approximate surface area is 268 Å². The van der Waals surface area contributed by atoms with Gasteiger partial charge in [0.1, 0.15) is 12.6 Å². The Morgan fingerprint density at radius 2 is 1.42 bits per heavy atom. The van der Waals surface area contributed by atoms with Crippen LogP contribution in [0.15, 0.2) is 102 Å². The fraction of sp³-hybridized carbons (Fsp3) is 0.297. The number of anilines is 1. The number of sulfonamides is 1. The van der Waals surface area contributed by atoms with E-state index in [9.17, 15) is 18.0 Å². The van der Waals surface area contributed by atoms with Crippen molar-refractivity contribution in [2.75, 3.05) is 17.4 Å². The quantitative estimate of drug-likeness (QED) is 0.190. The zero-order valence-corrected chi connectivity index (χ0v) is 27.6. The minimum absolute atomic E-state index is 0.0906. The van der Waals surface area contributed by atoms with E-state index in [4.69, 9.17) is 0 Å². The third-order valence-electron chi connectivity index (χ3n) is 7.93. The summed E-state index contributed by atoms with van der Waals surface area (Å²) < 4.78 is 29.7. The van der Waals surface area contributed by atoms with E-state index in [2.05, 4.69) is 5.32 Å². The van der Waals surface area contributed by atoms with Gasteiger partial charge in [-0.25, -0.2) is 8.42 Å². The normalized spacial score (nSPS) is 11.9. The second-order valence-corrected chi connectivity index (χ2v) is 13.4. The van der Waals surface area contributed by atoms with Gasteiger partial charge in [0.05, 0.1) is 10.6 Å². The van der Waals surface area contributed by atoms with Crippen LogP contribution in [0.4, 0.5) is 5.69 Å². The van der Waals surface area contributed by atoms with Crippen LogP contribution in [0.2, 0.25) is 0 Å². The predicted octanol–water partition coefficient (Wildman–Crippen LogP) is 6.28. The van der Waals surface area contributed by atoms with Gasteiger partial charge in [0.2, 0.25) is 11.8 Å². The fourth-order valence-corrected chi connectivity index (χ4v) is 6.81. The summed E-state index contributed by atoms with van der Waals surface area (Å²) in [7, 11) is -4.15. The smallest absolute Gasteiger partial charge is 0.264 e. The van der Waals surface area contributed by atoms with Gasteiger partial charge in [0.25, 0.3) is 10.0 Å². The molecule has 4 aromatic rings. The van der Waals surface area contributed by atoms with Gasteiger partial charge in [-0.05, 0) is 74.6 Å². The molecule has 1 atom stereocenters. The number of nitrogens with zero attached hydrogens (tertiary/aromatic N) is 2. The number of aryl methyl sites for hydroxylation is 4. The van der Waals surface area contributed by atoms with Crippen molar-refractivity contribution in [1.29, 1.82) is 0 Å². The largest absolute Gasteiger partial charge is 0.354 e. The summed E-state index contributed by atoms with van der Waals surface area (Å²) >= 11 is 0. The summed E-state index contributed by atoms with van der Waals surface area (Å²) in [6, 6.07) is 28.5. The van der Waals surface area contributed by atoms with E-state index in [1.165, 1.54) is 4.31 Å². The second kappa shape index (κ2) is 15.0. The molecule has 0 aromatic heterocycles. The van der Waals surface area contributed by atoms with Crippen molar-refractivity contribution >= 4 is 27.5 Å². The number of amides is 2. The summed E-state index contributed by atoms with van der Waals surface area (Å²) in [5, 5.41) is 2.99. The zero-order chi connectivity index (χ0) is 32.6. The summed E-state index contributed by atoms with van der Waals surface area (Å²) in [6.45, 7) is 9.74. The van der Waals surface area contributed by atoms with E-state index in [0.29, 0.717) is 12.2 Å². The average molecular weight is 626 g/mol. The Bertz CT molecular complexity index is 1720. The molecule has 1 N–H and O–H groups in total. The van der Waals surface area contributed by atoms with Gasteiger partial charge >= 0.3 is 0 Å². The van der Waals surface area contributed by atoms with Crippen LogP contribution in [0.3, 0.4) is 0 Å². The molecule has 0 radical (unpaired) electrons. The molecule has 0 spiro atoms. The fourth-order valence-electron chi connectivity index (χ4n) is 5.33. The van der Waals surface area contributed by atoms with Gasteiger partial charge in [-0.1, -0.05) is 96.9 Å². The molecule has 0 saturated carbocycles. The van der Waals surface area contributed by atoms with E-state index in [-0.39, 0.29) is 23.8 Å². The number of hydrogen-bond donors (Lipinski definition) is 1. The Hall–Kier alpha value is -4.43. The van der Waals surface area contributed by atoms with Crippen LogP contribution in [0, 0.1) is 27.7 Å². The number of nitrogens with one attached hydrogen (secondary N) is 1. The number of benzene rings is 4. The number of carbonyl (C=O) groups is 2. The lowest BCUT2D eigenvalue weighted by Gasteiger charge is -2.34. The minimum atomic E-state index is -4.15. The molecule has 7 nitrogen and oxygen atoms in total. The average Bonchev–Trinajstić information content (AvgIpc) is 3.02. The molecule has 0 fully saturated rings. The van der Waals surface area contributed by atoms with Gasteiger partial charge in [0.15, 0.2) is 0 Å². The molecule has 0 aliphatic heterocycles. The molecule has 4 rings (SSSR count). The molecule has 0 aliphatic rings. The third-order valence-corrected chi connectivity index (χ3v) is 9.71. The first-order valence-corrected chi connectivity index (χ1v) is 16.8. The molecular formula is C37H43N3O4S. The van der Waals surface area contributed by atoms with Gasteiger partial charge in [-0.15, -0.1) is 0 Å². The molecule has 8 heteroatoms. The van der Waals surface area contributed by atoms with Crippen LogP contribution < -0.4 is 9.62 Å². The van der Waals surface area contributed by atoms with Gasteiger partial charge in [-0.3, -0.25) is 13.9 Å². The lowest BCUT2D eigenvalue weighted by atomic mass is 10.0. The molecular weight excluding hydrogens is 582 g/mol. The first kappa shape index (κ1) is 33.5. The van der Waals surface area contributed by atoms with Crippen LogP contribution >= 0.6 is 0 Å². The lowest BCUT2D eigenvalue weighted by molar-refractivity contribution is -0.140. The van der Waals surface area contributed by atoms with Crippen LogP contribution in [-0.2, 0) is 32.6 Å². The summed E-state index contributed by atoms with van der Waals surface area (Å²) in [4.78, 5) is 30.0. The highest BCUT2D eigenvalue weighted by atomic mass is 32.2. The summed E-state index contributed by atoms with van der Waals surface area (Å²) in [5.74, 6) is -0.747. The van der Waals surface area contributed by atoms with Gasteiger partial charge in [-0.2, -0.15) is 0 Å². The SMILES string of the molecule is CCCNC(=O)C(Cc1ccccc1)N(Cc1ccccc1C)C(=O)CN(c1ccc(C)cc1C)S(=O)(=O)c1ccc(C)cc1. The van der Waals surface area contributed by atoms with Gasteiger partial charge in [0, 0.05) is 19.5 Å². The van der Waals surface area contributed by atoms with Crippen molar-refractivity contribution in [3.8, 4) is 0 Å². The molecule has 236 valence electrons. The van der Waals surface area contributed by atoms with Crippen molar-refractivity contribution in [3.63, 3.8) is 0 Å². The monoisotopic (exact) mass is 625 g/mol. The Kier molecular flexibility index (Phi) is 11.2. The number of rotatable bonds is 13. The highest BCUT2D eigenvalue weighted by Crippen LogP contribution is 2.29. The van der Waals surface area contributed by atoms with E-state index in [1.54, 1.807) is 35.2 Å². The van der Waals surface area contributed by atoms with E-state index in [0.717, 1.165) is 39.8 Å². The second-order valence-electron chi connectivity index (χ2n) is 11.6. The number of carbonyl (C=O) groups excluding carboxylic acids is 2. The Morgan fingerprint density at radius 3 is 2.07 bits per heavy atom. The third kappa shape index (κ3) is 8.39. The lowest BCUT2D eigenvalue weighted by Crippen LogP contribution is -2.53. The first-order valence-electron chi connectivity index (χ1n) is 15.3. The minimum Gasteiger partial charge on any atom is -0.354 e. The molecule has 0 saturated heterocycles. The van der Waals surface area contributed by atoms with Crippen molar-refractivity contribution < 1.29 is 18.0 Å². The van der Waals surface area contributed by atoms with Crippen molar-refractivity contribution in [3.05, 3.63) is 130 Å². The highest BCUT2D eigenvalue weighted by molar-refractivity contribution is 7.92. The molecule has 45 heavy (non-hydrogen) atoms. The molecule has 0 bridgehead atoms. The topological polar surface area (TPSA) is 86.8 Å². The standard InChI is InChI=1S/C37H43N3O4S/c1-6-22-38-37(42)35(24-31-13-8-7-9-14-31)39(25-32-15-11-10-12-29(32)4)36(41)26-40(34-21-18-28(3)23-30(34)5)45(43,44)33-19-16-27(2)17-20-33/h7-21,23,35H,6,22,24-26H2,1-5H3,(H,38,42). The summed E-state index contributed by atoms with van der Waals surface area (Å²) in [5.41, 5.74) is 5.80. The van der Waals surface area contributed by atoms with Crippen molar-refractivity contribution in [2.45, 2.75) is 64.9 Å². The van der Waals surface area contributed by atoms with Crippen LogP contribution in [0.5, 0.6) is 0 Å². The maximum atomic E-state index is 14.6. The Balaban J connectivity index is 1.83. The maximum absolute atomic E-state index is 14.6. The van der Waals surface area contributed by atoms with Crippen LogP contribution in [-0.4, -0.2) is 44.3 Å². The van der Waals surface area contributed by atoms with E-state index < -0.39 is 28.5 Å². The molecule has 0 heterocycles. The Morgan fingerprint density at radius 1 is 0.778 bits per heavy atom. The molecule has 1 unspecified atom stereocenters. The number of hydrogen-bond acceptors (Lipinski definition) is 4. The molecule has 0 aliphatic carbocycles. The maximum Gasteiger partial charge on any atom is 0.264 e. The van der Waals surface area contributed by atoms with Crippen molar-refractivity contribution in [2.24, 2.45) is 0 Å². The summed E-state index contributed by atoms with van der Waals surface area (Å²) in [6.07, 6.45) is 1.02. The van der Waals surface area contributed by atoms with E-state index in [1.807, 2.05) is 101 Å². The highest BCUT2D eigenvalue weighted by Gasteiger charge is 2.35. The van der Waals surface area contributed by atoms with E-state index >= 15 is 0 Å². The van der Waals surface area contributed by atoms with Crippen LogP contribution in [0.25, 0.3) is 0 Å². The molecule has 2 amide bonds. The van der Waals surface area contributed by atoms with Crippen molar-refractivity contribution in [1.82, 2.24) is 10.2 Å². The molecule has 4 aromatic carbocycles. The van der Waals surface area contributed by atoms with Gasteiger partial charge < -0.3 is 10.2 Å². The predicted molar refractivity (Wildman–Crippen MR) is 181 cm³/mol. The van der Waals surface area contributed by atoms with Crippen LogP contribution in [0.1, 0.15) is 46.7 Å². The first-order chi connectivity index (χ1) is 21.5.